The van der Waals surface area contributed by atoms with Crippen LogP contribution in [-0.2, 0) is 14.2 Å². The van der Waals surface area contributed by atoms with E-state index in [0.29, 0.717) is 32.2 Å². The van der Waals surface area contributed by atoms with Crippen LogP contribution in [0.2, 0.25) is 0 Å². The van der Waals surface area contributed by atoms with Gasteiger partial charge in [0, 0.05) is 45.2 Å². The second-order valence-electron chi connectivity index (χ2n) is 11.5. The molecule has 2 amide bonds. The van der Waals surface area contributed by atoms with Gasteiger partial charge in [-0.2, -0.15) is 0 Å². The number of carbonyl (C=O) groups is 2. The quantitative estimate of drug-likeness (QED) is 0.655. The number of rotatable bonds is 6. The van der Waals surface area contributed by atoms with E-state index >= 15 is 0 Å². The highest BCUT2D eigenvalue weighted by atomic mass is 16.6. The summed E-state index contributed by atoms with van der Waals surface area (Å²) in [6, 6.07) is 0. The van der Waals surface area contributed by atoms with E-state index in [1.807, 2.05) is 51.3 Å². The lowest BCUT2D eigenvalue weighted by Gasteiger charge is -2.43. The molecule has 2 heterocycles. The SMILES string of the molecule is COCC1(CNCC2CCCN(C(=O)OC(C)(C)C)C2)CCCN(C(=O)OC(C)(C)C)C1. The normalized spacial score (nSPS) is 24.9. The van der Waals surface area contributed by atoms with Crippen molar-refractivity contribution >= 4 is 12.2 Å². The molecule has 2 fully saturated rings. The molecule has 0 saturated carbocycles. The third kappa shape index (κ3) is 8.77. The van der Waals surface area contributed by atoms with Gasteiger partial charge < -0.3 is 29.3 Å². The van der Waals surface area contributed by atoms with Crippen molar-refractivity contribution in [2.45, 2.75) is 78.4 Å². The van der Waals surface area contributed by atoms with E-state index in [1.54, 1.807) is 7.11 Å². The Morgan fingerprint density at radius 3 is 2.16 bits per heavy atom. The largest absolute Gasteiger partial charge is 0.444 e. The van der Waals surface area contributed by atoms with Gasteiger partial charge in [0.1, 0.15) is 11.2 Å². The van der Waals surface area contributed by atoms with Crippen LogP contribution in [0, 0.1) is 11.3 Å². The first kappa shape index (κ1) is 26.7. The number of likely N-dealkylation sites (tertiary alicyclic amines) is 2. The maximum absolute atomic E-state index is 12.6. The van der Waals surface area contributed by atoms with E-state index in [0.717, 1.165) is 45.3 Å². The molecule has 2 rings (SSSR count). The smallest absolute Gasteiger partial charge is 0.410 e. The van der Waals surface area contributed by atoms with Gasteiger partial charge in [-0.3, -0.25) is 0 Å². The molecule has 186 valence electrons. The average Bonchev–Trinajstić information content (AvgIpc) is 2.66. The lowest BCUT2D eigenvalue weighted by molar-refractivity contribution is -0.0159. The second-order valence-corrected chi connectivity index (χ2v) is 11.5. The Morgan fingerprint density at radius 2 is 1.56 bits per heavy atom. The maximum Gasteiger partial charge on any atom is 0.410 e. The van der Waals surface area contributed by atoms with Crippen LogP contribution in [0.15, 0.2) is 0 Å². The number of ether oxygens (including phenoxy) is 3. The van der Waals surface area contributed by atoms with E-state index in [9.17, 15) is 9.59 Å². The molecule has 2 saturated heterocycles. The molecule has 1 N–H and O–H groups in total. The summed E-state index contributed by atoms with van der Waals surface area (Å²) < 4.78 is 16.7. The predicted octanol–water partition coefficient (Wildman–Crippen LogP) is 3.89. The minimum absolute atomic E-state index is 0.135. The highest BCUT2D eigenvalue weighted by Gasteiger charge is 2.39. The van der Waals surface area contributed by atoms with E-state index in [4.69, 9.17) is 14.2 Å². The Labute approximate surface area is 194 Å². The lowest BCUT2D eigenvalue weighted by Crippen LogP contribution is -2.54. The van der Waals surface area contributed by atoms with Crippen LogP contribution in [0.3, 0.4) is 0 Å². The highest BCUT2D eigenvalue weighted by molar-refractivity contribution is 5.68. The molecule has 0 aromatic heterocycles. The Morgan fingerprint density at radius 1 is 0.969 bits per heavy atom. The molecule has 2 aliphatic rings. The van der Waals surface area contributed by atoms with Crippen molar-refractivity contribution in [2.75, 3.05) is 53.0 Å². The highest BCUT2D eigenvalue weighted by Crippen LogP contribution is 2.31. The predicted molar refractivity (Wildman–Crippen MR) is 125 cm³/mol. The number of methoxy groups -OCH3 is 1. The van der Waals surface area contributed by atoms with E-state index in [2.05, 4.69) is 5.32 Å². The third-order valence-corrected chi connectivity index (χ3v) is 5.87. The molecule has 0 aromatic carbocycles. The topological polar surface area (TPSA) is 80.3 Å². The lowest BCUT2D eigenvalue weighted by atomic mass is 9.80. The first-order valence-corrected chi connectivity index (χ1v) is 12.0. The summed E-state index contributed by atoms with van der Waals surface area (Å²) in [7, 11) is 1.72. The molecule has 2 aliphatic heterocycles. The zero-order chi connectivity index (χ0) is 24.0. The Kier molecular flexibility index (Phi) is 9.23. The van der Waals surface area contributed by atoms with Crippen LogP contribution in [0.1, 0.15) is 67.2 Å². The fraction of sp³-hybridized carbons (Fsp3) is 0.917. The van der Waals surface area contributed by atoms with E-state index in [1.165, 1.54) is 0 Å². The van der Waals surface area contributed by atoms with Crippen LogP contribution in [0.4, 0.5) is 9.59 Å². The van der Waals surface area contributed by atoms with Gasteiger partial charge in [-0.1, -0.05) is 0 Å². The van der Waals surface area contributed by atoms with Crippen molar-refractivity contribution in [3.63, 3.8) is 0 Å². The summed E-state index contributed by atoms with van der Waals surface area (Å²) in [5.74, 6) is 0.390. The first-order chi connectivity index (χ1) is 14.8. The number of nitrogens with one attached hydrogen (secondary N) is 1. The van der Waals surface area contributed by atoms with E-state index in [-0.39, 0.29) is 17.6 Å². The second kappa shape index (κ2) is 11.1. The molecule has 8 heteroatoms. The van der Waals surface area contributed by atoms with Crippen molar-refractivity contribution in [1.29, 1.82) is 0 Å². The molecule has 0 spiro atoms. The molecule has 32 heavy (non-hydrogen) atoms. The first-order valence-electron chi connectivity index (χ1n) is 12.0. The summed E-state index contributed by atoms with van der Waals surface area (Å²) in [4.78, 5) is 28.7. The number of nitrogens with zero attached hydrogens (tertiary/aromatic N) is 2. The Hall–Kier alpha value is -1.54. The van der Waals surface area contributed by atoms with Gasteiger partial charge in [-0.15, -0.1) is 0 Å². The van der Waals surface area contributed by atoms with Gasteiger partial charge in [0.15, 0.2) is 0 Å². The molecule has 0 aromatic rings. The monoisotopic (exact) mass is 455 g/mol. The van der Waals surface area contributed by atoms with Crippen LogP contribution in [-0.4, -0.2) is 86.2 Å². The number of piperidine rings is 2. The van der Waals surface area contributed by atoms with Gasteiger partial charge >= 0.3 is 12.2 Å². The van der Waals surface area contributed by atoms with Gasteiger partial charge in [0.05, 0.1) is 6.61 Å². The minimum Gasteiger partial charge on any atom is -0.444 e. The number of hydrogen-bond donors (Lipinski definition) is 1. The average molecular weight is 456 g/mol. The summed E-state index contributed by atoms with van der Waals surface area (Å²) in [5.41, 5.74) is -1.11. The Balaban J connectivity index is 1.89. The summed E-state index contributed by atoms with van der Waals surface area (Å²) in [6.07, 6.45) is 3.54. The molecule has 2 atom stereocenters. The van der Waals surface area contributed by atoms with Gasteiger partial charge in [-0.05, 0) is 79.7 Å². The van der Waals surface area contributed by atoms with Gasteiger partial charge in [0.25, 0.3) is 0 Å². The Bertz CT molecular complexity index is 624. The molecule has 0 aliphatic carbocycles. The zero-order valence-electron chi connectivity index (χ0n) is 21.3. The van der Waals surface area contributed by atoms with Crippen LogP contribution in [0.25, 0.3) is 0 Å². The number of hydrogen-bond acceptors (Lipinski definition) is 6. The van der Waals surface area contributed by atoms with Crippen molar-refractivity contribution in [1.82, 2.24) is 15.1 Å². The van der Waals surface area contributed by atoms with Gasteiger partial charge in [-0.25, -0.2) is 9.59 Å². The molecule has 8 nitrogen and oxygen atoms in total. The number of amides is 2. The maximum atomic E-state index is 12.6. The fourth-order valence-corrected chi connectivity index (χ4v) is 4.57. The zero-order valence-corrected chi connectivity index (χ0v) is 21.3. The number of carbonyl (C=O) groups excluding carboxylic acids is 2. The van der Waals surface area contributed by atoms with Crippen LogP contribution in [0.5, 0.6) is 0 Å². The summed E-state index contributed by atoms with van der Waals surface area (Å²) >= 11 is 0. The standard InChI is InChI=1S/C24H45N3O5/c1-22(2,3)31-20(28)26-12-8-10-19(15-26)14-25-16-24(18-30-7)11-9-13-27(17-24)21(29)32-23(4,5)6/h19,25H,8-18H2,1-7H3. The summed E-state index contributed by atoms with van der Waals surface area (Å²) in [5, 5.41) is 3.63. The molecular formula is C24H45N3O5. The van der Waals surface area contributed by atoms with Crippen LogP contribution < -0.4 is 5.32 Å². The summed E-state index contributed by atoms with van der Waals surface area (Å²) in [6.45, 7) is 16.4. The third-order valence-electron chi connectivity index (χ3n) is 5.87. The van der Waals surface area contributed by atoms with Crippen molar-refractivity contribution in [2.24, 2.45) is 11.3 Å². The van der Waals surface area contributed by atoms with E-state index < -0.39 is 11.2 Å². The molecule has 0 bridgehead atoms. The van der Waals surface area contributed by atoms with Crippen molar-refractivity contribution < 1.29 is 23.8 Å². The fourth-order valence-electron chi connectivity index (χ4n) is 4.57. The van der Waals surface area contributed by atoms with Gasteiger partial charge in [0.2, 0.25) is 0 Å². The van der Waals surface area contributed by atoms with Crippen molar-refractivity contribution in [3.8, 4) is 0 Å². The van der Waals surface area contributed by atoms with Crippen LogP contribution >= 0.6 is 0 Å². The molecule has 2 unspecified atom stereocenters. The molecular weight excluding hydrogens is 410 g/mol. The molecule has 0 radical (unpaired) electrons. The minimum atomic E-state index is -0.502. The van der Waals surface area contributed by atoms with Crippen molar-refractivity contribution in [3.05, 3.63) is 0 Å².